The summed E-state index contributed by atoms with van der Waals surface area (Å²) in [6, 6.07) is 6.94. The Hall–Kier alpha value is -1.08. The van der Waals surface area contributed by atoms with E-state index in [4.69, 9.17) is 0 Å². The molecule has 0 saturated carbocycles. The predicted molar refractivity (Wildman–Crippen MR) is 87.1 cm³/mol. The molecule has 0 aromatic heterocycles. The highest BCUT2D eigenvalue weighted by Crippen LogP contribution is 2.19. The number of sulfone groups is 1. The van der Waals surface area contributed by atoms with Crippen LogP contribution in [-0.4, -0.2) is 49.9 Å². The maximum absolute atomic E-state index is 12.4. The van der Waals surface area contributed by atoms with Gasteiger partial charge in [0.25, 0.3) is 0 Å². The highest BCUT2D eigenvalue weighted by molar-refractivity contribution is 9.10. The van der Waals surface area contributed by atoms with Crippen LogP contribution >= 0.6 is 15.9 Å². The minimum atomic E-state index is -2.98. The fraction of sp³-hybridized carbons (Fsp3) is 0.500. The number of halogens is 1. The topological polar surface area (TPSA) is 66.5 Å². The van der Waals surface area contributed by atoms with Crippen molar-refractivity contribution in [3.63, 3.8) is 0 Å². The fourth-order valence-corrected chi connectivity index (χ4v) is 4.46. The summed E-state index contributed by atoms with van der Waals surface area (Å²) in [5.74, 6) is 0.143. The van der Waals surface area contributed by atoms with Crippen molar-refractivity contribution in [2.24, 2.45) is 0 Å². The number of carbonyl (C=O) groups excluding carboxylic acids is 1. The van der Waals surface area contributed by atoms with Crippen LogP contribution in [0.1, 0.15) is 13.3 Å². The maximum Gasteiger partial charge on any atom is 0.244 e. The zero-order chi connectivity index (χ0) is 15.6. The van der Waals surface area contributed by atoms with Crippen molar-refractivity contribution < 1.29 is 13.2 Å². The molecule has 1 heterocycles. The lowest BCUT2D eigenvalue weighted by molar-refractivity contribution is -0.132. The summed E-state index contributed by atoms with van der Waals surface area (Å²) < 4.78 is 24.0. The van der Waals surface area contributed by atoms with Crippen molar-refractivity contribution in [1.29, 1.82) is 0 Å². The lowest BCUT2D eigenvalue weighted by Crippen LogP contribution is -2.45. The van der Waals surface area contributed by atoms with Gasteiger partial charge in [0.15, 0.2) is 9.84 Å². The number of hydrogen-bond donors (Lipinski definition) is 1. The van der Waals surface area contributed by atoms with Crippen LogP contribution in [-0.2, 0) is 14.6 Å². The number of nitrogens with zero attached hydrogens (tertiary/aromatic N) is 1. The molecule has 2 rings (SSSR count). The van der Waals surface area contributed by atoms with Crippen LogP contribution in [0.3, 0.4) is 0 Å². The second kappa shape index (κ2) is 6.36. The second-order valence-electron chi connectivity index (χ2n) is 5.38. The SMILES string of the molecule is C[C@@H](Nc1ccc(Br)cc1)C(=O)N(C)[C@@H]1CCS(=O)(=O)C1. The third kappa shape index (κ3) is 4.20. The first kappa shape index (κ1) is 16.3. The molecule has 0 aliphatic carbocycles. The van der Waals surface area contributed by atoms with Gasteiger partial charge in [-0.25, -0.2) is 8.42 Å². The van der Waals surface area contributed by atoms with Gasteiger partial charge in [0.05, 0.1) is 11.5 Å². The van der Waals surface area contributed by atoms with E-state index in [1.165, 1.54) is 0 Å². The average molecular weight is 375 g/mol. The molecular formula is C14H19BrN2O3S. The van der Waals surface area contributed by atoms with Crippen LogP contribution in [0.5, 0.6) is 0 Å². The highest BCUT2D eigenvalue weighted by atomic mass is 79.9. The van der Waals surface area contributed by atoms with E-state index in [1.807, 2.05) is 24.3 Å². The lowest BCUT2D eigenvalue weighted by atomic mass is 10.2. The number of amides is 1. The van der Waals surface area contributed by atoms with Crippen molar-refractivity contribution in [2.45, 2.75) is 25.4 Å². The van der Waals surface area contributed by atoms with E-state index in [1.54, 1.807) is 18.9 Å². The quantitative estimate of drug-likeness (QED) is 0.873. The van der Waals surface area contributed by atoms with E-state index < -0.39 is 15.9 Å². The first-order valence-electron chi connectivity index (χ1n) is 6.78. The van der Waals surface area contributed by atoms with E-state index in [0.717, 1.165) is 10.2 Å². The van der Waals surface area contributed by atoms with E-state index in [9.17, 15) is 13.2 Å². The molecule has 1 aliphatic heterocycles. The normalized spacial score (nSPS) is 21.8. The highest BCUT2D eigenvalue weighted by Gasteiger charge is 2.33. The molecule has 1 saturated heterocycles. The predicted octanol–water partition coefficient (Wildman–Crippen LogP) is 1.89. The average Bonchev–Trinajstić information content (AvgIpc) is 2.80. The summed E-state index contributed by atoms with van der Waals surface area (Å²) in [5, 5.41) is 3.13. The summed E-state index contributed by atoms with van der Waals surface area (Å²) in [7, 11) is -1.31. The van der Waals surface area contributed by atoms with Gasteiger partial charge in [-0.1, -0.05) is 15.9 Å². The molecule has 1 amide bonds. The van der Waals surface area contributed by atoms with Gasteiger partial charge in [-0.2, -0.15) is 0 Å². The van der Waals surface area contributed by atoms with Gasteiger partial charge in [0.1, 0.15) is 6.04 Å². The van der Waals surface area contributed by atoms with E-state index >= 15 is 0 Å². The van der Waals surface area contributed by atoms with Gasteiger partial charge in [-0.3, -0.25) is 4.79 Å². The minimum absolute atomic E-state index is 0.0697. The van der Waals surface area contributed by atoms with Gasteiger partial charge in [0, 0.05) is 23.2 Å². The summed E-state index contributed by atoms with van der Waals surface area (Å²) >= 11 is 3.36. The van der Waals surface area contributed by atoms with E-state index in [0.29, 0.717) is 6.42 Å². The summed E-state index contributed by atoms with van der Waals surface area (Å²) in [5.41, 5.74) is 0.853. The standard InChI is InChI=1S/C14H19BrN2O3S/c1-10(16-12-5-3-11(15)4-6-12)14(18)17(2)13-7-8-21(19,20)9-13/h3-6,10,13,16H,7-9H2,1-2H3/t10-,13-/m1/s1. The van der Waals surface area contributed by atoms with Crippen LogP contribution in [0.25, 0.3) is 0 Å². The number of hydrogen-bond acceptors (Lipinski definition) is 4. The Bertz CT molecular complexity index is 616. The molecule has 21 heavy (non-hydrogen) atoms. The molecule has 1 aromatic carbocycles. The molecule has 1 N–H and O–H groups in total. The molecule has 116 valence electrons. The number of benzene rings is 1. The van der Waals surface area contributed by atoms with Gasteiger partial charge in [-0.15, -0.1) is 0 Å². The Morgan fingerprint density at radius 2 is 2.00 bits per heavy atom. The Kier molecular flexibility index (Phi) is 4.93. The zero-order valence-electron chi connectivity index (χ0n) is 12.0. The van der Waals surface area contributed by atoms with Crippen molar-refractivity contribution >= 4 is 37.4 Å². The molecule has 1 aromatic rings. The summed E-state index contributed by atoms with van der Waals surface area (Å²) in [6.07, 6.45) is 0.523. The molecule has 0 radical (unpaired) electrons. The zero-order valence-corrected chi connectivity index (χ0v) is 14.4. The fourth-order valence-electron chi connectivity index (χ4n) is 2.42. The van der Waals surface area contributed by atoms with Gasteiger partial charge < -0.3 is 10.2 Å². The number of nitrogens with one attached hydrogen (secondary N) is 1. The molecule has 7 heteroatoms. The molecule has 5 nitrogen and oxygen atoms in total. The van der Waals surface area contributed by atoms with Crippen LogP contribution in [0.2, 0.25) is 0 Å². The van der Waals surface area contributed by atoms with Crippen molar-refractivity contribution in [3.8, 4) is 0 Å². The molecular weight excluding hydrogens is 356 g/mol. The number of anilines is 1. The molecule has 0 spiro atoms. The molecule has 0 bridgehead atoms. The van der Waals surface area contributed by atoms with Crippen molar-refractivity contribution in [2.75, 3.05) is 23.9 Å². The Morgan fingerprint density at radius 1 is 1.38 bits per heavy atom. The Morgan fingerprint density at radius 3 is 2.52 bits per heavy atom. The molecule has 1 aliphatic rings. The first-order valence-corrected chi connectivity index (χ1v) is 9.39. The van der Waals surface area contributed by atoms with E-state index in [-0.39, 0.29) is 23.5 Å². The van der Waals surface area contributed by atoms with Crippen molar-refractivity contribution in [1.82, 2.24) is 4.90 Å². The lowest BCUT2D eigenvalue weighted by Gasteiger charge is -2.27. The first-order chi connectivity index (χ1) is 9.78. The monoisotopic (exact) mass is 374 g/mol. The summed E-state index contributed by atoms with van der Waals surface area (Å²) in [4.78, 5) is 13.9. The number of carbonyl (C=O) groups is 1. The van der Waals surface area contributed by atoms with Gasteiger partial charge in [0.2, 0.25) is 5.91 Å². The minimum Gasteiger partial charge on any atom is -0.374 e. The van der Waals surface area contributed by atoms with Gasteiger partial charge >= 0.3 is 0 Å². The van der Waals surface area contributed by atoms with Crippen LogP contribution in [0.15, 0.2) is 28.7 Å². The largest absolute Gasteiger partial charge is 0.374 e. The molecule has 2 atom stereocenters. The summed E-state index contributed by atoms with van der Waals surface area (Å²) in [6.45, 7) is 1.78. The van der Waals surface area contributed by atoms with Crippen LogP contribution in [0.4, 0.5) is 5.69 Å². The van der Waals surface area contributed by atoms with Gasteiger partial charge in [-0.05, 0) is 37.6 Å². The molecule has 1 fully saturated rings. The smallest absolute Gasteiger partial charge is 0.244 e. The number of likely N-dealkylation sites (N-methyl/N-ethyl adjacent to an activating group) is 1. The number of rotatable bonds is 4. The van der Waals surface area contributed by atoms with Crippen LogP contribution in [0, 0.1) is 0 Å². The Labute approximate surface area is 133 Å². The van der Waals surface area contributed by atoms with E-state index in [2.05, 4.69) is 21.2 Å². The molecule has 0 unspecified atom stereocenters. The van der Waals surface area contributed by atoms with Crippen LogP contribution < -0.4 is 5.32 Å². The second-order valence-corrected chi connectivity index (χ2v) is 8.52. The third-order valence-corrected chi connectivity index (χ3v) is 5.98. The Balaban J connectivity index is 1.97. The third-order valence-electron chi connectivity index (χ3n) is 3.70. The maximum atomic E-state index is 12.4. The van der Waals surface area contributed by atoms with Crippen molar-refractivity contribution in [3.05, 3.63) is 28.7 Å².